The highest BCUT2D eigenvalue weighted by molar-refractivity contribution is 4.59. The number of rotatable bonds is 17. The molecule has 1 atom stereocenters. The van der Waals surface area contributed by atoms with Crippen molar-refractivity contribution in [1.29, 1.82) is 0 Å². The van der Waals surface area contributed by atoms with Gasteiger partial charge < -0.3 is 0 Å². The third-order valence-electron chi connectivity index (χ3n) is 4.95. The standard InChI is InChI=1S/C21H43/c1-4-7-8-9-10-11-12-13-14-15-16-17-18-19-20-21(5-2)6-3/h21H,2,4-20H2,1,3H3. The Morgan fingerprint density at radius 1 is 0.571 bits per heavy atom. The summed E-state index contributed by atoms with van der Waals surface area (Å²) in [4.78, 5) is 0. The summed E-state index contributed by atoms with van der Waals surface area (Å²) >= 11 is 0. The summed E-state index contributed by atoms with van der Waals surface area (Å²) in [7, 11) is 0. The fourth-order valence-electron chi connectivity index (χ4n) is 3.18. The molecule has 0 spiro atoms. The van der Waals surface area contributed by atoms with Gasteiger partial charge in [-0.2, -0.15) is 0 Å². The Morgan fingerprint density at radius 2 is 0.952 bits per heavy atom. The minimum atomic E-state index is 0.891. The molecule has 0 amide bonds. The van der Waals surface area contributed by atoms with Crippen LogP contribution in [0.4, 0.5) is 0 Å². The molecule has 0 aliphatic rings. The van der Waals surface area contributed by atoms with Crippen molar-refractivity contribution in [3.63, 3.8) is 0 Å². The van der Waals surface area contributed by atoms with Gasteiger partial charge >= 0.3 is 0 Å². The van der Waals surface area contributed by atoms with Crippen LogP contribution in [0.25, 0.3) is 0 Å². The first-order valence-electron chi connectivity index (χ1n) is 10.1. The molecule has 0 N–H and O–H groups in total. The Hall–Kier alpha value is 0. The van der Waals surface area contributed by atoms with Crippen LogP contribution >= 0.6 is 0 Å². The number of unbranched alkanes of at least 4 members (excludes halogenated alkanes) is 13. The van der Waals surface area contributed by atoms with Gasteiger partial charge in [0.1, 0.15) is 0 Å². The van der Waals surface area contributed by atoms with Gasteiger partial charge in [-0.15, -0.1) is 0 Å². The molecule has 21 heavy (non-hydrogen) atoms. The van der Waals surface area contributed by atoms with E-state index in [-0.39, 0.29) is 0 Å². The highest BCUT2D eigenvalue weighted by atomic mass is 14.1. The van der Waals surface area contributed by atoms with Gasteiger partial charge in [-0.1, -0.05) is 130 Å². The van der Waals surface area contributed by atoms with E-state index >= 15 is 0 Å². The predicted molar refractivity (Wildman–Crippen MR) is 98.7 cm³/mol. The van der Waals surface area contributed by atoms with Crippen LogP contribution in [0.5, 0.6) is 0 Å². The third kappa shape index (κ3) is 16.2. The lowest BCUT2D eigenvalue weighted by molar-refractivity contribution is 0.440. The lowest BCUT2D eigenvalue weighted by atomic mass is 9.95. The summed E-state index contributed by atoms with van der Waals surface area (Å²) in [5, 5.41) is 0. The van der Waals surface area contributed by atoms with E-state index in [0.29, 0.717) is 0 Å². The Kier molecular flexibility index (Phi) is 18.1. The second kappa shape index (κ2) is 18.1. The number of hydrogen-bond donors (Lipinski definition) is 0. The zero-order valence-corrected chi connectivity index (χ0v) is 15.3. The molecule has 0 heteroatoms. The fraction of sp³-hybridized carbons (Fsp3) is 0.952. The molecule has 0 saturated carbocycles. The molecule has 0 aromatic carbocycles. The maximum atomic E-state index is 4.04. The first-order valence-corrected chi connectivity index (χ1v) is 10.1. The average molecular weight is 296 g/mol. The van der Waals surface area contributed by atoms with Crippen LogP contribution in [0.3, 0.4) is 0 Å². The predicted octanol–water partition coefficient (Wildman–Crippen LogP) is 8.11. The van der Waals surface area contributed by atoms with Crippen LogP contribution in [-0.2, 0) is 0 Å². The zero-order chi connectivity index (χ0) is 15.6. The maximum absolute atomic E-state index is 4.04. The van der Waals surface area contributed by atoms with E-state index in [1.54, 1.807) is 0 Å². The van der Waals surface area contributed by atoms with Crippen LogP contribution < -0.4 is 0 Å². The summed E-state index contributed by atoms with van der Waals surface area (Å²) in [5.41, 5.74) is 0. The van der Waals surface area contributed by atoms with E-state index in [1.807, 2.05) is 0 Å². The van der Waals surface area contributed by atoms with Crippen molar-refractivity contribution in [3.05, 3.63) is 6.92 Å². The SMILES string of the molecule is [CH2]CC(CC)CCCCCCCCCCCCCCCC. The quantitative estimate of drug-likeness (QED) is 0.238. The summed E-state index contributed by atoms with van der Waals surface area (Å²) in [5.74, 6) is 0.891. The van der Waals surface area contributed by atoms with Gasteiger partial charge in [0.25, 0.3) is 0 Å². The summed E-state index contributed by atoms with van der Waals surface area (Å²) in [6.45, 7) is 8.64. The van der Waals surface area contributed by atoms with E-state index in [9.17, 15) is 0 Å². The molecule has 0 rings (SSSR count). The fourth-order valence-corrected chi connectivity index (χ4v) is 3.18. The van der Waals surface area contributed by atoms with Crippen molar-refractivity contribution in [2.24, 2.45) is 5.92 Å². The molecule has 0 aliphatic carbocycles. The third-order valence-corrected chi connectivity index (χ3v) is 4.95. The largest absolute Gasteiger partial charge is 0.0654 e. The zero-order valence-electron chi connectivity index (χ0n) is 15.3. The van der Waals surface area contributed by atoms with Gasteiger partial charge in [0, 0.05) is 0 Å². The van der Waals surface area contributed by atoms with E-state index in [0.717, 1.165) is 12.3 Å². The highest BCUT2D eigenvalue weighted by Gasteiger charge is 2.02. The number of hydrogen-bond acceptors (Lipinski definition) is 0. The lowest BCUT2D eigenvalue weighted by Gasteiger charge is -2.11. The van der Waals surface area contributed by atoms with Crippen LogP contribution in [0.1, 0.15) is 123 Å². The molecule has 0 aliphatic heterocycles. The van der Waals surface area contributed by atoms with Gasteiger partial charge in [-0.05, 0) is 5.92 Å². The Bertz CT molecular complexity index is 169. The molecule has 0 aromatic rings. The van der Waals surface area contributed by atoms with Crippen LogP contribution in [0, 0.1) is 12.8 Å². The van der Waals surface area contributed by atoms with Crippen molar-refractivity contribution in [2.75, 3.05) is 0 Å². The molecule has 0 fully saturated rings. The molecule has 0 aromatic heterocycles. The Morgan fingerprint density at radius 3 is 1.29 bits per heavy atom. The first-order chi connectivity index (χ1) is 10.3. The lowest BCUT2D eigenvalue weighted by Crippen LogP contribution is -1.96. The Balaban J connectivity index is 3.02. The molecule has 0 nitrogen and oxygen atoms in total. The highest BCUT2D eigenvalue weighted by Crippen LogP contribution is 2.18. The maximum Gasteiger partial charge on any atom is -0.0417 e. The molecule has 1 radical (unpaired) electrons. The van der Waals surface area contributed by atoms with Crippen molar-refractivity contribution in [1.82, 2.24) is 0 Å². The molecule has 127 valence electrons. The van der Waals surface area contributed by atoms with Gasteiger partial charge in [0.2, 0.25) is 0 Å². The average Bonchev–Trinajstić information content (AvgIpc) is 2.51. The van der Waals surface area contributed by atoms with E-state index in [2.05, 4.69) is 20.8 Å². The van der Waals surface area contributed by atoms with E-state index < -0.39 is 0 Å². The normalized spacial score (nSPS) is 11.4. The second-order valence-electron chi connectivity index (χ2n) is 6.95. The van der Waals surface area contributed by atoms with Gasteiger partial charge in [0.15, 0.2) is 0 Å². The molecule has 0 saturated heterocycles. The van der Waals surface area contributed by atoms with Crippen molar-refractivity contribution in [3.8, 4) is 0 Å². The van der Waals surface area contributed by atoms with Crippen molar-refractivity contribution >= 4 is 0 Å². The van der Waals surface area contributed by atoms with Crippen molar-refractivity contribution < 1.29 is 0 Å². The molecule has 0 heterocycles. The minimum absolute atomic E-state index is 0.891. The van der Waals surface area contributed by atoms with E-state index in [1.165, 1.54) is 103 Å². The van der Waals surface area contributed by atoms with Gasteiger partial charge in [-0.3, -0.25) is 0 Å². The summed E-state index contributed by atoms with van der Waals surface area (Å²) in [6.07, 6.45) is 24.3. The monoisotopic (exact) mass is 295 g/mol. The minimum Gasteiger partial charge on any atom is -0.0654 e. The topological polar surface area (TPSA) is 0 Å². The molecule has 1 unspecified atom stereocenters. The van der Waals surface area contributed by atoms with E-state index in [4.69, 9.17) is 0 Å². The summed E-state index contributed by atoms with van der Waals surface area (Å²) < 4.78 is 0. The molecular weight excluding hydrogens is 252 g/mol. The van der Waals surface area contributed by atoms with Crippen molar-refractivity contribution in [2.45, 2.75) is 123 Å². The smallest absolute Gasteiger partial charge is 0.0417 e. The van der Waals surface area contributed by atoms with Crippen LogP contribution in [0.2, 0.25) is 0 Å². The molecular formula is C21H43. The van der Waals surface area contributed by atoms with Gasteiger partial charge in [-0.25, -0.2) is 0 Å². The van der Waals surface area contributed by atoms with Crippen LogP contribution in [0.15, 0.2) is 0 Å². The van der Waals surface area contributed by atoms with Crippen LogP contribution in [-0.4, -0.2) is 0 Å². The second-order valence-corrected chi connectivity index (χ2v) is 6.95. The first kappa shape index (κ1) is 21.0. The molecule has 0 bridgehead atoms. The summed E-state index contributed by atoms with van der Waals surface area (Å²) in [6, 6.07) is 0. The Labute approximate surface area is 136 Å². The van der Waals surface area contributed by atoms with Gasteiger partial charge in [0.05, 0.1) is 0 Å².